The highest BCUT2D eigenvalue weighted by molar-refractivity contribution is 7.16. The zero-order chi connectivity index (χ0) is 20.1. The minimum Gasteiger partial charge on any atom is -0.444 e. The van der Waals surface area contributed by atoms with Gasteiger partial charge in [0.05, 0.1) is 21.8 Å². The van der Waals surface area contributed by atoms with Crippen LogP contribution in [-0.2, 0) is 11.2 Å². The second kappa shape index (κ2) is 7.36. The Morgan fingerprint density at radius 3 is 2.80 bits per heavy atom. The van der Waals surface area contributed by atoms with Crippen LogP contribution in [0.25, 0.3) is 10.2 Å². The third-order valence-corrected chi connectivity index (χ3v) is 7.85. The normalized spacial score (nSPS) is 27.8. The molecule has 0 aliphatic carbocycles. The molecule has 5 nitrogen and oxygen atoms in total. The Balaban J connectivity index is 1.34. The number of rotatable bonds is 2. The van der Waals surface area contributed by atoms with Gasteiger partial charge in [-0.2, -0.15) is 0 Å². The Kier molecular flexibility index (Phi) is 4.50. The number of ether oxygens (including phenoxy) is 1. The number of thiazole rings is 1. The van der Waals surface area contributed by atoms with Gasteiger partial charge in [0.1, 0.15) is 6.10 Å². The molecule has 0 radical (unpaired) electrons. The second-order valence-electron chi connectivity index (χ2n) is 8.68. The number of fused-ring (bicyclic) bond motifs is 5. The second-order valence-corrected chi connectivity index (χ2v) is 9.57. The van der Waals surface area contributed by atoms with E-state index < -0.39 is 0 Å². The molecule has 6 heteroatoms. The molecule has 7 rings (SSSR count). The molecule has 5 heterocycles. The summed E-state index contributed by atoms with van der Waals surface area (Å²) in [5, 5.41) is 0. The quantitative estimate of drug-likeness (QED) is 0.615. The van der Waals surface area contributed by atoms with E-state index in [1.54, 1.807) is 11.3 Å². The van der Waals surface area contributed by atoms with Gasteiger partial charge in [-0.25, -0.2) is 9.78 Å². The standard InChI is InChI=1S/C24H25N3O2S/c28-24(29-21-14-26-10-7-17(21)8-11-26)27-12-9-16-3-1-2-4-19(16)23(27)18-5-6-22-20(13-18)25-15-30-22/h1-6,13,15,17,21,23H,7-12,14H2/t21-,23+/m1/s1. The number of hydrogen-bond acceptors (Lipinski definition) is 5. The van der Waals surface area contributed by atoms with Crippen LogP contribution in [0.1, 0.15) is 35.6 Å². The summed E-state index contributed by atoms with van der Waals surface area (Å²) in [5.41, 5.74) is 6.48. The smallest absolute Gasteiger partial charge is 0.410 e. The van der Waals surface area contributed by atoms with Crippen molar-refractivity contribution in [2.24, 2.45) is 5.92 Å². The molecule has 2 aromatic carbocycles. The van der Waals surface area contributed by atoms with Gasteiger partial charge in [-0.05, 0) is 67.1 Å². The minimum atomic E-state index is -0.174. The monoisotopic (exact) mass is 419 g/mol. The molecule has 3 fully saturated rings. The number of carbonyl (C=O) groups is 1. The molecule has 0 unspecified atom stereocenters. The lowest BCUT2D eigenvalue weighted by atomic mass is 9.86. The lowest BCUT2D eigenvalue weighted by Crippen LogP contribution is -2.53. The first-order valence-electron chi connectivity index (χ1n) is 10.9. The van der Waals surface area contributed by atoms with Crippen LogP contribution in [0.3, 0.4) is 0 Å². The maximum absolute atomic E-state index is 13.4. The number of hydrogen-bond donors (Lipinski definition) is 0. The molecule has 0 N–H and O–H groups in total. The van der Waals surface area contributed by atoms with Crippen molar-refractivity contribution in [2.75, 3.05) is 26.2 Å². The predicted molar refractivity (Wildman–Crippen MR) is 118 cm³/mol. The van der Waals surface area contributed by atoms with E-state index in [0.717, 1.165) is 50.0 Å². The summed E-state index contributed by atoms with van der Waals surface area (Å²) in [4.78, 5) is 22.3. The van der Waals surface area contributed by atoms with Crippen LogP contribution in [0.15, 0.2) is 48.0 Å². The fourth-order valence-electron chi connectivity index (χ4n) is 5.41. The number of piperidine rings is 3. The molecule has 30 heavy (non-hydrogen) atoms. The first kappa shape index (κ1) is 18.3. The summed E-state index contributed by atoms with van der Waals surface area (Å²) >= 11 is 1.64. The zero-order valence-electron chi connectivity index (χ0n) is 16.9. The molecule has 154 valence electrons. The molecule has 4 aliphatic rings. The summed E-state index contributed by atoms with van der Waals surface area (Å²) < 4.78 is 7.31. The van der Waals surface area contributed by atoms with Crippen LogP contribution in [-0.4, -0.2) is 53.2 Å². The van der Waals surface area contributed by atoms with E-state index in [-0.39, 0.29) is 18.2 Å². The van der Waals surface area contributed by atoms with E-state index in [9.17, 15) is 4.79 Å². The highest BCUT2D eigenvalue weighted by Crippen LogP contribution is 2.38. The number of nitrogens with zero attached hydrogens (tertiary/aromatic N) is 3. The van der Waals surface area contributed by atoms with Gasteiger partial charge in [0.15, 0.2) is 0 Å². The van der Waals surface area contributed by atoms with Gasteiger partial charge >= 0.3 is 6.09 Å². The summed E-state index contributed by atoms with van der Waals surface area (Å²) in [6, 6.07) is 14.7. The lowest BCUT2D eigenvalue weighted by molar-refractivity contribution is -0.0462. The van der Waals surface area contributed by atoms with Crippen LogP contribution < -0.4 is 0 Å². The molecule has 4 aliphatic heterocycles. The fourth-order valence-corrected chi connectivity index (χ4v) is 6.07. The van der Waals surface area contributed by atoms with Gasteiger partial charge in [0, 0.05) is 13.1 Å². The Labute approximate surface area is 180 Å². The summed E-state index contributed by atoms with van der Waals surface area (Å²) in [6.45, 7) is 3.85. The van der Waals surface area contributed by atoms with Crippen molar-refractivity contribution in [2.45, 2.75) is 31.4 Å². The fraction of sp³-hybridized carbons (Fsp3) is 0.417. The Morgan fingerprint density at radius 1 is 1.10 bits per heavy atom. The van der Waals surface area contributed by atoms with Crippen LogP contribution in [0, 0.1) is 5.92 Å². The highest BCUT2D eigenvalue weighted by atomic mass is 32.1. The van der Waals surface area contributed by atoms with Crippen LogP contribution >= 0.6 is 11.3 Å². The largest absolute Gasteiger partial charge is 0.444 e. The first-order chi connectivity index (χ1) is 14.8. The molecule has 3 saturated heterocycles. The van der Waals surface area contributed by atoms with Crippen LogP contribution in [0.2, 0.25) is 0 Å². The van der Waals surface area contributed by atoms with Gasteiger partial charge in [-0.1, -0.05) is 30.3 Å². The highest BCUT2D eigenvalue weighted by Gasteiger charge is 2.39. The lowest BCUT2D eigenvalue weighted by Gasteiger charge is -2.45. The third-order valence-electron chi connectivity index (χ3n) is 7.04. The molecule has 0 saturated carbocycles. The Bertz CT molecular complexity index is 1090. The van der Waals surface area contributed by atoms with Crippen molar-refractivity contribution >= 4 is 27.6 Å². The van der Waals surface area contributed by atoms with Crippen molar-refractivity contribution in [1.29, 1.82) is 0 Å². The molecule has 0 spiro atoms. The van der Waals surface area contributed by atoms with E-state index in [0.29, 0.717) is 12.5 Å². The van der Waals surface area contributed by atoms with Gasteiger partial charge in [0.2, 0.25) is 0 Å². The van der Waals surface area contributed by atoms with E-state index in [4.69, 9.17) is 4.74 Å². The molecule has 1 amide bonds. The average molecular weight is 420 g/mol. The SMILES string of the molecule is O=C(O[C@@H]1CN2CCC1CC2)N1CCc2ccccc2[C@@H]1c1ccc2scnc2c1. The molecular weight excluding hydrogens is 394 g/mol. The van der Waals surface area contributed by atoms with E-state index >= 15 is 0 Å². The van der Waals surface area contributed by atoms with Gasteiger partial charge < -0.3 is 4.74 Å². The zero-order valence-corrected chi connectivity index (χ0v) is 17.7. The maximum atomic E-state index is 13.4. The number of carbonyl (C=O) groups excluding carboxylic acids is 1. The molecule has 3 aromatic rings. The predicted octanol–water partition coefficient (Wildman–Crippen LogP) is 4.47. The van der Waals surface area contributed by atoms with Crippen molar-refractivity contribution < 1.29 is 9.53 Å². The topological polar surface area (TPSA) is 45.7 Å². The average Bonchev–Trinajstić information content (AvgIpc) is 3.27. The summed E-state index contributed by atoms with van der Waals surface area (Å²) in [7, 11) is 0. The van der Waals surface area contributed by atoms with Gasteiger partial charge in [-0.3, -0.25) is 9.80 Å². The molecule has 1 aromatic heterocycles. The van der Waals surface area contributed by atoms with Crippen LogP contribution in [0.4, 0.5) is 4.79 Å². The molecule has 2 atom stereocenters. The third kappa shape index (κ3) is 3.10. The number of aromatic nitrogens is 1. The van der Waals surface area contributed by atoms with Gasteiger partial charge in [0.25, 0.3) is 0 Å². The van der Waals surface area contributed by atoms with Crippen molar-refractivity contribution in [1.82, 2.24) is 14.8 Å². The van der Waals surface area contributed by atoms with E-state index in [2.05, 4.69) is 52.3 Å². The Hall–Kier alpha value is -2.44. The van der Waals surface area contributed by atoms with E-state index in [1.165, 1.54) is 15.8 Å². The minimum absolute atomic E-state index is 0.0267. The summed E-state index contributed by atoms with van der Waals surface area (Å²) in [6.07, 6.45) is 3.00. The Morgan fingerprint density at radius 2 is 1.97 bits per heavy atom. The molecular formula is C24H25N3O2S. The van der Waals surface area contributed by atoms with Crippen molar-refractivity contribution in [3.8, 4) is 0 Å². The van der Waals surface area contributed by atoms with Crippen molar-refractivity contribution in [3.63, 3.8) is 0 Å². The summed E-state index contributed by atoms with van der Waals surface area (Å²) in [5.74, 6) is 0.515. The number of benzene rings is 2. The van der Waals surface area contributed by atoms with Crippen molar-refractivity contribution in [3.05, 3.63) is 64.7 Å². The first-order valence-corrected chi connectivity index (χ1v) is 11.7. The maximum Gasteiger partial charge on any atom is 0.410 e. The molecule has 2 bridgehead atoms. The van der Waals surface area contributed by atoms with Gasteiger partial charge in [-0.15, -0.1) is 11.3 Å². The van der Waals surface area contributed by atoms with E-state index in [1.807, 2.05) is 10.4 Å². The van der Waals surface area contributed by atoms with Crippen LogP contribution in [0.5, 0.6) is 0 Å². The number of amides is 1.